The van der Waals surface area contributed by atoms with Crippen molar-refractivity contribution in [2.24, 2.45) is 5.73 Å². The summed E-state index contributed by atoms with van der Waals surface area (Å²) in [5.74, 6) is -0.653. The molecule has 0 spiro atoms. The highest BCUT2D eigenvalue weighted by atomic mass is 32.2. The highest BCUT2D eigenvalue weighted by molar-refractivity contribution is 8.00. The Morgan fingerprint density at radius 3 is 2.93 bits per heavy atom. The smallest absolute Gasteiger partial charge is 0.327 e. The van der Waals surface area contributed by atoms with Gasteiger partial charge in [0.1, 0.15) is 6.04 Å². The summed E-state index contributed by atoms with van der Waals surface area (Å²) in [5.41, 5.74) is 5.60. The molecule has 1 amide bonds. The second-order valence-corrected chi connectivity index (χ2v) is 4.78. The van der Waals surface area contributed by atoms with Crippen LogP contribution in [0.25, 0.3) is 0 Å². The minimum absolute atomic E-state index is 0.0309. The quantitative estimate of drug-likeness (QED) is 0.615. The molecule has 1 unspecified atom stereocenters. The van der Waals surface area contributed by atoms with Crippen LogP contribution < -0.4 is 5.73 Å². The van der Waals surface area contributed by atoms with Gasteiger partial charge in [-0.15, -0.1) is 11.8 Å². The van der Waals surface area contributed by atoms with E-state index < -0.39 is 18.1 Å². The van der Waals surface area contributed by atoms with Crippen molar-refractivity contribution in [2.45, 2.75) is 30.3 Å². The van der Waals surface area contributed by atoms with Gasteiger partial charge in [0.05, 0.1) is 11.4 Å². The molecule has 0 aliphatic carbocycles. The molecule has 2 saturated heterocycles. The molecule has 0 aromatic rings. The third kappa shape index (κ3) is 1.38. The average Bonchev–Trinajstić information content (AvgIpc) is 2.55. The Morgan fingerprint density at radius 2 is 2.29 bits per heavy atom. The first-order valence-electron chi connectivity index (χ1n) is 4.53. The lowest BCUT2D eigenvalue weighted by molar-refractivity contribution is -0.151. The summed E-state index contributed by atoms with van der Waals surface area (Å²) >= 11 is 1.54. The molecule has 2 fully saturated rings. The van der Waals surface area contributed by atoms with Gasteiger partial charge in [-0.3, -0.25) is 4.79 Å². The van der Waals surface area contributed by atoms with Crippen molar-refractivity contribution in [3.05, 3.63) is 0 Å². The van der Waals surface area contributed by atoms with E-state index in [9.17, 15) is 9.59 Å². The van der Waals surface area contributed by atoms with Crippen molar-refractivity contribution in [1.29, 1.82) is 0 Å². The number of aliphatic carboxylic acids is 1. The fourth-order valence-corrected chi connectivity index (χ4v) is 3.33. The van der Waals surface area contributed by atoms with Crippen LogP contribution in [0.4, 0.5) is 0 Å². The Balaban J connectivity index is 2.20. The topological polar surface area (TPSA) is 83.6 Å². The zero-order chi connectivity index (χ0) is 10.3. The lowest BCUT2D eigenvalue weighted by Gasteiger charge is -2.34. The number of rotatable bonds is 1. The zero-order valence-corrected chi connectivity index (χ0v) is 8.37. The Kier molecular flexibility index (Phi) is 2.40. The fourth-order valence-electron chi connectivity index (χ4n) is 1.91. The van der Waals surface area contributed by atoms with Gasteiger partial charge in [-0.05, 0) is 12.8 Å². The predicted molar refractivity (Wildman–Crippen MR) is 51.7 cm³/mol. The number of carbonyl (C=O) groups is 2. The van der Waals surface area contributed by atoms with E-state index in [1.807, 2.05) is 0 Å². The van der Waals surface area contributed by atoms with Crippen LogP contribution in [0.5, 0.6) is 0 Å². The number of amides is 1. The molecule has 5 nitrogen and oxygen atoms in total. The lowest BCUT2D eigenvalue weighted by atomic mass is 10.0. The van der Waals surface area contributed by atoms with E-state index in [0.717, 1.165) is 6.42 Å². The summed E-state index contributed by atoms with van der Waals surface area (Å²) in [7, 11) is 0. The first kappa shape index (κ1) is 9.79. The number of carbonyl (C=O) groups excluding carboxylic acids is 1. The van der Waals surface area contributed by atoms with E-state index in [1.165, 1.54) is 16.7 Å². The van der Waals surface area contributed by atoms with Crippen LogP contribution >= 0.6 is 11.8 Å². The van der Waals surface area contributed by atoms with Gasteiger partial charge >= 0.3 is 5.97 Å². The molecular weight excluding hydrogens is 204 g/mol. The van der Waals surface area contributed by atoms with E-state index >= 15 is 0 Å². The van der Waals surface area contributed by atoms with Gasteiger partial charge in [0.25, 0.3) is 0 Å². The molecule has 0 radical (unpaired) electrons. The van der Waals surface area contributed by atoms with Gasteiger partial charge in [-0.1, -0.05) is 0 Å². The molecule has 0 bridgehead atoms. The maximum absolute atomic E-state index is 11.6. The van der Waals surface area contributed by atoms with Gasteiger partial charge in [-0.2, -0.15) is 0 Å². The summed E-state index contributed by atoms with van der Waals surface area (Å²) in [4.78, 5) is 24.0. The van der Waals surface area contributed by atoms with Crippen LogP contribution in [-0.2, 0) is 9.59 Å². The summed E-state index contributed by atoms with van der Waals surface area (Å²) in [6.45, 7) is 0. The molecule has 78 valence electrons. The highest BCUT2D eigenvalue weighted by Gasteiger charge is 2.45. The number of nitrogens with zero attached hydrogens (tertiary/aromatic N) is 1. The van der Waals surface area contributed by atoms with Crippen molar-refractivity contribution in [1.82, 2.24) is 4.90 Å². The maximum Gasteiger partial charge on any atom is 0.327 e. The summed E-state index contributed by atoms with van der Waals surface area (Å²) < 4.78 is 0. The van der Waals surface area contributed by atoms with Crippen molar-refractivity contribution in [3.63, 3.8) is 0 Å². The third-order valence-electron chi connectivity index (χ3n) is 2.67. The van der Waals surface area contributed by atoms with E-state index in [4.69, 9.17) is 10.8 Å². The predicted octanol–water partition coefficient (Wildman–Crippen LogP) is -0.538. The minimum atomic E-state index is -0.928. The van der Waals surface area contributed by atoms with Crippen molar-refractivity contribution >= 4 is 23.6 Å². The van der Waals surface area contributed by atoms with Crippen LogP contribution in [-0.4, -0.2) is 45.1 Å². The molecule has 2 heterocycles. The van der Waals surface area contributed by atoms with Gasteiger partial charge in [0.15, 0.2) is 0 Å². The molecular formula is C8H12N2O3S. The normalized spacial score (nSPS) is 37.1. The molecule has 2 aliphatic heterocycles. The Hall–Kier alpha value is -0.750. The SMILES string of the molecule is N[C@@H]1CCC2SC[C@H](C(=O)O)N2C1=O. The Labute approximate surface area is 85.6 Å². The molecule has 0 saturated carbocycles. The van der Waals surface area contributed by atoms with Crippen LogP contribution in [0, 0.1) is 0 Å². The largest absolute Gasteiger partial charge is 0.480 e. The number of carboxylic acid groups (broad SMARTS) is 1. The van der Waals surface area contributed by atoms with Gasteiger partial charge in [-0.25, -0.2) is 4.79 Å². The summed E-state index contributed by atoms with van der Waals surface area (Å²) in [6.07, 6.45) is 1.47. The molecule has 2 aliphatic rings. The van der Waals surface area contributed by atoms with Crippen molar-refractivity contribution < 1.29 is 14.7 Å². The van der Waals surface area contributed by atoms with Crippen molar-refractivity contribution in [3.8, 4) is 0 Å². The number of hydrogen-bond donors (Lipinski definition) is 2. The Morgan fingerprint density at radius 1 is 1.57 bits per heavy atom. The van der Waals surface area contributed by atoms with Crippen LogP contribution in [0.3, 0.4) is 0 Å². The first-order valence-corrected chi connectivity index (χ1v) is 5.58. The second-order valence-electron chi connectivity index (χ2n) is 3.57. The number of nitrogens with two attached hydrogens (primary N) is 1. The van der Waals surface area contributed by atoms with Gasteiger partial charge < -0.3 is 15.7 Å². The lowest BCUT2D eigenvalue weighted by Crippen LogP contribution is -2.55. The van der Waals surface area contributed by atoms with Gasteiger partial charge in [0.2, 0.25) is 5.91 Å². The maximum atomic E-state index is 11.6. The standard InChI is InChI=1S/C8H12N2O3S/c9-4-1-2-6-10(7(4)11)5(3-14-6)8(12)13/h4-6H,1-3,9H2,(H,12,13)/t4-,5-,6?/m1/s1. The minimum Gasteiger partial charge on any atom is -0.480 e. The number of carboxylic acids is 1. The average molecular weight is 216 g/mol. The molecule has 3 N–H and O–H groups in total. The zero-order valence-electron chi connectivity index (χ0n) is 7.55. The summed E-state index contributed by atoms with van der Waals surface area (Å²) in [6, 6.07) is -1.18. The first-order chi connectivity index (χ1) is 6.61. The van der Waals surface area contributed by atoms with Crippen molar-refractivity contribution in [2.75, 3.05) is 5.75 Å². The number of hydrogen-bond acceptors (Lipinski definition) is 4. The molecule has 6 heteroatoms. The van der Waals surface area contributed by atoms with E-state index in [2.05, 4.69) is 0 Å². The number of fused-ring (bicyclic) bond motifs is 1. The number of piperidine rings is 1. The fraction of sp³-hybridized carbons (Fsp3) is 0.750. The number of thioether (sulfide) groups is 1. The van der Waals surface area contributed by atoms with Crippen LogP contribution in [0.1, 0.15) is 12.8 Å². The van der Waals surface area contributed by atoms with Crippen LogP contribution in [0.15, 0.2) is 0 Å². The molecule has 0 aromatic carbocycles. The monoisotopic (exact) mass is 216 g/mol. The van der Waals surface area contributed by atoms with E-state index in [-0.39, 0.29) is 11.3 Å². The molecule has 0 aromatic heterocycles. The molecule has 14 heavy (non-hydrogen) atoms. The van der Waals surface area contributed by atoms with E-state index in [1.54, 1.807) is 0 Å². The summed E-state index contributed by atoms with van der Waals surface area (Å²) in [5, 5.41) is 8.94. The second kappa shape index (κ2) is 3.43. The molecule has 3 atom stereocenters. The molecule has 2 rings (SSSR count). The highest BCUT2D eigenvalue weighted by Crippen LogP contribution is 2.35. The third-order valence-corrected chi connectivity index (χ3v) is 4.03. The van der Waals surface area contributed by atoms with E-state index in [0.29, 0.717) is 12.2 Å². The van der Waals surface area contributed by atoms with Crippen LogP contribution in [0.2, 0.25) is 0 Å². The Bertz CT molecular complexity index is 284. The van der Waals surface area contributed by atoms with Gasteiger partial charge in [0, 0.05) is 5.75 Å².